The van der Waals surface area contributed by atoms with E-state index in [1.165, 1.54) is 30.6 Å². The van der Waals surface area contributed by atoms with Gasteiger partial charge in [0.15, 0.2) is 0 Å². The van der Waals surface area contributed by atoms with Crippen molar-refractivity contribution in [2.24, 2.45) is 0 Å². The first-order valence-corrected chi connectivity index (χ1v) is 5.95. The highest BCUT2D eigenvalue weighted by Crippen LogP contribution is 2.20. The normalized spacial score (nSPS) is 9.85. The monoisotopic (exact) mass is 291 g/mol. The summed E-state index contributed by atoms with van der Waals surface area (Å²) in [6, 6.07) is 7.18. The number of pyridine rings is 1. The molecule has 1 aromatic heterocycles. The third-order valence-electron chi connectivity index (χ3n) is 2.42. The molecule has 3 N–H and O–H groups in total. The van der Waals surface area contributed by atoms with E-state index in [-0.39, 0.29) is 11.3 Å². The number of halogens is 1. The van der Waals surface area contributed by atoms with E-state index in [4.69, 9.17) is 11.6 Å². The zero-order valence-electron chi connectivity index (χ0n) is 10.1. The predicted molar refractivity (Wildman–Crippen MR) is 72.3 cm³/mol. The Morgan fingerprint density at radius 1 is 1.15 bits per heavy atom. The molecular formula is C13H10ClN3O3. The van der Waals surface area contributed by atoms with Gasteiger partial charge in [0.1, 0.15) is 5.75 Å². The number of hydrogen-bond acceptors (Lipinski definition) is 4. The lowest BCUT2D eigenvalue weighted by Gasteiger charge is -2.08. The lowest BCUT2D eigenvalue weighted by Crippen LogP contribution is -2.41. The van der Waals surface area contributed by atoms with Crippen LogP contribution in [0.2, 0.25) is 5.02 Å². The van der Waals surface area contributed by atoms with Crippen LogP contribution in [0.5, 0.6) is 5.75 Å². The summed E-state index contributed by atoms with van der Waals surface area (Å²) in [5, 5.41) is 9.84. The molecule has 0 saturated carbocycles. The third kappa shape index (κ3) is 3.24. The maximum atomic E-state index is 11.8. The minimum absolute atomic E-state index is 0.0380. The van der Waals surface area contributed by atoms with E-state index >= 15 is 0 Å². The summed E-state index contributed by atoms with van der Waals surface area (Å²) in [6.45, 7) is 0. The van der Waals surface area contributed by atoms with E-state index in [0.717, 1.165) is 0 Å². The molecule has 1 heterocycles. The van der Waals surface area contributed by atoms with E-state index in [0.29, 0.717) is 10.6 Å². The second-order valence-corrected chi connectivity index (χ2v) is 4.25. The number of phenolic OH excluding ortho intramolecular Hbond substituents is 1. The van der Waals surface area contributed by atoms with Gasteiger partial charge in [-0.25, -0.2) is 0 Å². The van der Waals surface area contributed by atoms with Gasteiger partial charge in [-0.2, -0.15) is 0 Å². The Labute approximate surface area is 119 Å². The molecule has 0 unspecified atom stereocenters. The fourth-order valence-corrected chi connectivity index (χ4v) is 1.61. The first-order chi connectivity index (χ1) is 9.58. The molecule has 0 fully saturated rings. The van der Waals surface area contributed by atoms with Crippen molar-refractivity contribution < 1.29 is 14.7 Å². The number of aromatic nitrogens is 1. The van der Waals surface area contributed by atoms with E-state index in [9.17, 15) is 14.7 Å². The average molecular weight is 292 g/mol. The van der Waals surface area contributed by atoms with Crippen LogP contribution >= 0.6 is 11.6 Å². The lowest BCUT2D eigenvalue weighted by atomic mass is 10.2. The Hall–Kier alpha value is -2.60. The van der Waals surface area contributed by atoms with Crippen LogP contribution in [0.1, 0.15) is 20.7 Å². The van der Waals surface area contributed by atoms with E-state index in [1.54, 1.807) is 12.1 Å². The van der Waals surface area contributed by atoms with Crippen molar-refractivity contribution in [1.29, 1.82) is 0 Å². The van der Waals surface area contributed by atoms with E-state index in [1.807, 2.05) is 0 Å². The van der Waals surface area contributed by atoms with E-state index in [2.05, 4.69) is 15.8 Å². The van der Waals surface area contributed by atoms with Crippen molar-refractivity contribution in [2.45, 2.75) is 0 Å². The maximum absolute atomic E-state index is 11.8. The molecular weight excluding hydrogens is 282 g/mol. The minimum Gasteiger partial charge on any atom is -0.507 e. The van der Waals surface area contributed by atoms with Gasteiger partial charge in [-0.15, -0.1) is 0 Å². The summed E-state index contributed by atoms with van der Waals surface area (Å²) < 4.78 is 0. The first kappa shape index (κ1) is 13.8. The molecule has 0 spiro atoms. The predicted octanol–water partition coefficient (Wildman–Crippen LogP) is 1.52. The standard InChI is InChI=1S/C13H10ClN3O3/c14-9-3-4-11(18)10(6-9)13(20)17-16-12(19)8-2-1-5-15-7-8/h1-7,18H,(H,16,19)(H,17,20). The number of benzene rings is 1. The molecule has 0 radical (unpaired) electrons. The quantitative estimate of drug-likeness (QED) is 0.732. The van der Waals surface area contributed by atoms with Gasteiger partial charge in [-0.05, 0) is 30.3 Å². The zero-order valence-corrected chi connectivity index (χ0v) is 10.9. The number of nitrogens with one attached hydrogen (secondary N) is 2. The highest BCUT2D eigenvalue weighted by molar-refractivity contribution is 6.31. The number of aromatic hydroxyl groups is 1. The molecule has 0 aliphatic heterocycles. The summed E-state index contributed by atoms with van der Waals surface area (Å²) in [4.78, 5) is 27.3. The van der Waals surface area contributed by atoms with Gasteiger partial charge in [0, 0.05) is 17.4 Å². The number of phenols is 1. The molecule has 2 rings (SSSR count). The van der Waals surface area contributed by atoms with Crippen LogP contribution in [0.15, 0.2) is 42.7 Å². The Morgan fingerprint density at radius 3 is 2.60 bits per heavy atom. The summed E-state index contributed by atoms with van der Waals surface area (Å²) in [5.74, 6) is -1.43. The second-order valence-electron chi connectivity index (χ2n) is 3.81. The molecule has 20 heavy (non-hydrogen) atoms. The Morgan fingerprint density at radius 2 is 1.90 bits per heavy atom. The van der Waals surface area contributed by atoms with Crippen LogP contribution in [0.4, 0.5) is 0 Å². The van der Waals surface area contributed by atoms with Gasteiger partial charge in [0.25, 0.3) is 11.8 Å². The summed E-state index contributed by atoms with van der Waals surface area (Å²) in [7, 11) is 0. The Balaban J connectivity index is 2.02. The Kier molecular flexibility index (Phi) is 4.17. The molecule has 102 valence electrons. The Bertz CT molecular complexity index is 647. The topological polar surface area (TPSA) is 91.3 Å². The number of hydrogen-bond donors (Lipinski definition) is 3. The largest absolute Gasteiger partial charge is 0.507 e. The lowest BCUT2D eigenvalue weighted by molar-refractivity contribution is 0.0845. The minimum atomic E-state index is -0.678. The fraction of sp³-hybridized carbons (Fsp3) is 0. The first-order valence-electron chi connectivity index (χ1n) is 5.57. The molecule has 2 aromatic rings. The summed E-state index contributed by atoms with van der Waals surface area (Å²) in [5.41, 5.74) is 4.65. The summed E-state index contributed by atoms with van der Waals surface area (Å²) in [6.07, 6.45) is 2.89. The zero-order chi connectivity index (χ0) is 14.5. The molecule has 0 aliphatic carbocycles. The molecule has 0 saturated heterocycles. The molecule has 0 bridgehead atoms. The molecule has 2 amide bonds. The molecule has 7 heteroatoms. The van der Waals surface area contributed by atoms with Gasteiger partial charge in [-0.3, -0.25) is 25.4 Å². The van der Waals surface area contributed by atoms with Gasteiger partial charge in [0.2, 0.25) is 0 Å². The molecule has 1 aromatic carbocycles. The molecule has 0 aliphatic rings. The number of carbonyl (C=O) groups excluding carboxylic acids is 2. The number of nitrogens with zero attached hydrogens (tertiary/aromatic N) is 1. The fourth-order valence-electron chi connectivity index (χ4n) is 1.44. The average Bonchev–Trinajstić information content (AvgIpc) is 2.47. The van der Waals surface area contributed by atoms with Crippen molar-refractivity contribution in [3.8, 4) is 5.75 Å². The van der Waals surface area contributed by atoms with Gasteiger partial charge >= 0.3 is 0 Å². The smallest absolute Gasteiger partial charge is 0.273 e. The van der Waals surface area contributed by atoms with Gasteiger partial charge in [-0.1, -0.05) is 11.6 Å². The maximum Gasteiger partial charge on any atom is 0.273 e. The van der Waals surface area contributed by atoms with Crippen molar-refractivity contribution in [2.75, 3.05) is 0 Å². The number of amides is 2. The van der Waals surface area contributed by atoms with Crippen LogP contribution < -0.4 is 10.9 Å². The SMILES string of the molecule is O=C(NNC(=O)c1cc(Cl)ccc1O)c1cccnc1. The van der Waals surface area contributed by atoms with Crippen LogP contribution in [0, 0.1) is 0 Å². The van der Waals surface area contributed by atoms with E-state index < -0.39 is 11.8 Å². The molecule has 6 nitrogen and oxygen atoms in total. The van der Waals surface area contributed by atoms with Crippen LogP contribution in [0.25, 0.3) is 0 Å². The van der Waals surface area contributed by atoms with Gasteiger partial charge in [0.05, 0.1) is 11.1 Å². The van der Waals surface area contributed by atoms with Crippen molar-refractivity contribution >= 4 is 23.4 Å². The van der Waals surface area contributed by atoms with Crippen LogP contribution in [-0.2, 0) is 0 Å². The van der Waals surface area contributed by atoms with Crippen LogP contribution in [0.3, 0.4) is 0 Å². The van der Waals surface area contributed by atoms with Crippen molar-refractivity contribution in [3.05, 3.63) is 58.9 Å². The number of carbonyl (C=O) groups is 2. The van der Waals surface area contributed by atoms with Gasteiger partial charge < -0.3 is 5.11 Å². The summed E-state index contributed by atoms with van der Waals surface area (Å²) >= 11 is 5.73. The highest BCUT2D eigenvalue weighted by Gasteiger charge is 2.13. The van der Waals surface area contributed by atoms with Crippen molar-refractivity contribution in [3.63, 3.8) is 0 Å². The third-order valence-corrected chi connectivity index (χ3v) is 2.65. The van der Waals surface area contributed by atoms with Crippen LogP contribution in [-0.4, -0.2) is 21.9 Å². The van der Waals surface area contributed by atoms with Crippen molar-refractivity contribution in [1.82, 2.24) is 15.8 Å². The number of hydrazine groups is 1. The second kappa shape index (κ2) is 6.03. The highest BCUT2D eigenvalue weighted by atomic mass is 35.5. The number of rotatable bonds is 2. The molecule has 0 atom stereocenters.